The number of rotatable bonds is 5. The summed E-state index contributed by atoms with van der Waals surface area (Å²) >= 11 is 0. The Kier molecular flexibility index (Phi) is 5.53. The van der Waals surface area contributed by atoms with E-state index in [1.165, 1.54) is 36.5 Å². The van der Waals surface area contributed by atoms with Crippen molar-refractivity contribution in [3.63, 3.8) is 0 Å². The van der Waals surface area contributed by atoms with E-state index in [1.807, 2.05) is 18.6 Å². The number of carbonyl (C=O) groups is 2. The number of pyridine rings is 1. The van der Waals surface area contributed by atoms with E-state index in [2.05, 4.69) is 10.3 Å². The summed E-state index contributed by atoms with van der Waals surface area (Å²) in [6.07, 6.45) is 1.52. The summed E-state index contributed by atoms with van der Waals surface area (Å²) in [5, 5.41) is 2.71. The Bertz CT molecular complexity index is 890. The highest BCUT2D eigenvalue weighted by molar-refractivity contribution is 7.90. The molecule has 8 heteroatoms. The number of aromatic nitrogens is 1. The molecule has 7 nitrogen and oxygen atoms in total. The first-order valence-electron chi connectivity index (χ1n) is 7.60. The van der Waals surface area contributed by atoms with Gasteiger partial charge >= 0.3 is 0 Å². The van der Waals surface area contributed by atoms with Gasteiger partial charge in [-0.3, -0.25) is 14.6 Å². The Labute approximate surface area is 146 Å². The Morgan fingerprint density at radius 3 is 2.24 bits per heavy atom. The minimum Gasteiger partial charge on any atom is -0.350 e. The topological polar surface area (TPSA) is 105 Å². The van der Waals surface area contributed by atoms with Gasteiger partial charge in [0.05, 0.1) is 10.5 Å². The van der Waals surface area contributed by atoms with Crippen molar-refractivity contribution in [3.05, 3.63) is 59.4 Å². The van der Waals surface area contributed by atoms with Crippen LogP contribution in [0.2, 0.25) is 0 Å². The van der Waals surface area contributed by atoms with E-state index in [-0.39, 0.29) is 22.4 Å². The average Bonchev–Trinajstić information content (AvgIpc) is 2.54. The molecule has 0 aliphatic carbocycles. The number of aryl methyl sites for hydroxylation is 1. The highest BCUT2D eigenvalue weighted by Crippen LogP contribution is 2.12. The normalized spacial score (nSPS) is 11.2. The molecule has 2 aromatic rings. The van der Waals surface area contributed by atoms with Crippen molar-refractivity contribution in [3.8, 4) is 0 Å². The number of nitrogens with one attached hydrogen (secondary N) is 2. The molecule has 0 saturated carbocycles. The predicted molar refractivity (Wildman–Crippen MR) is 92.7 cm³/mol. The van der Waals surface area contributed by atoms with Gasteiger partial charge in [-0.25, -0.2) is 13.1 Å². The monoisotopic (exact) mass is 361 g/mol. The second kappa shape index (κ2) is 7.43. The van der Waals surface area contributed by atoms with Crippen molar-refractivity contribution in [1.29, 1.82) is 0 Å². The molecule has 25 heavy (non-hydrogen) atoms. The van der Waals surface area contributed by atoms with Gasteiger partial charge in [-0.15, -0.1) is 0 Å². The molecule has 0 bridgehead atoms. The van der Waals surface area contributed by atoms with Gasteiger partial charge in [0, 0.05) is 23.5 Å². The third kappa shape index (κ3) is 4.63. The first-order valence-corrected chi connectivity index (χ1v) is 9.08. The molecular formula is C17H19N3O4S. The SMILES string of the molecule is Cc1ncccc1C(=O)NS(=O)(=O)c1ccc(C(=O)NC(C)C)cc1. The van der Waals surface area contributed by atoms with E-state index in [4.69, 9.17) is 0 Å². The minimum absolute atomic E-state index is 0.0297. The predicted octanol–water partition coefficient (Wildman–Crippen LogP) is 1.65. The molecule has 0 spiro atoms. The molecule has 0 aliphatic rings. The van der Waals surface area contributed by atoms with Crippen LogP contribution in [0, 0.1) is 6.92 Å². The van der Waals surface area contributed by atoms with Crippen LogP contribution in [0.4, 0.5) is 0 Å². The number of hydrogen-bond donors (Lipinski definition) is 2. The van der Waals surface area contributed by atoms with E-state index in [0.717, 1.165) is 0 Å². The highest BCUT2D eigenvalue weighted by atomic mass is 32.2. The largest absolute Gasteiger partial charge is 0.350 e. The van der Waals surface area contributed by atoms with Gasteiger partial charge in [0.25, 0.3) is 21.8 Å². The molecule has 0 unspecified atom stereocenters. The first-order chi connectivity index (χ1) is 11.7. The minimum atomic E-state index is -4.05. The van der Waals surface area contributed by atoms with Crippen molar-refractivity contribution < 1.29 is 18.0 Å². The molecule has 132 valence electrons. The third-order valence-electron chi connectivity index (χ3n) is 3.33. The van der Waals surface area contributed by atoms with Crippen LogP contribution in [0.3, 0.4) is 0 Å². The smallest absolute Gasteiger partial charge is 0.266 e. The van der Waals surface area contributed by atoms with E-state index >= 15 is 0 Å². The number of sulfonamides is 1. The van der Waals surface area contributed by atoms with E-state index in [9.17, 15) is 18.0 Å². The number of hydrogen-bond acceptors (Lipinski definition) is 5. The highest BCUT2D eigenvalue weighted by Gasteiger charge is 2.20. The second-order valence-electron chi connectivity index (χ2n) is 5.72. The summed E-state index contributed by atoms with van der Waals surface area (Å²) in [5.74, 6) is -1.05. The fourth-order valence-electron chi connectivity index (χ4n) is 2.09. The van der Waals surface area contributed by atoms with Crippen LogP contribution in [0.15, 0.2) is 47.5 Å². The fourth-order valence-corrected chi connectivity index (χ4v) is 3.06. The van der Waals surface area contributed by atoms with Crippen LogP contribution in [0.25, 0.3) is 0 Å². The third-order valence-corrected chi connectivity index (χ3v) is 4.67. The van der Waals surface area contributed by atoms with Crippen LogP contribution in [-0.4, -0.2) is 31.3 Å². The molecule has 0 atom stereocenters. The summed E-state index contributed by atoms with van der Waals surface area (Å²) in [6.45, 7) is 5.27. The van der Waals surface area contributed by atoms with Gasteiger partial charge in [0.15, 0.2) is 0 Å². The van der Waals surface area contributed by atoms with Crippen molar-refractivity contribution in [2.24, 2.45) is 0 Å². The van der Waals surface area contributed by atoms with Gasteiger partial charge in [-0.1, -0.05) is 0 Å². The van der Waals surface area contributed by atoms with Crippen LogP contribution >= 0.6 is 0 Å². The zero-order valence-electron chi connectivity index (χ0n) is 14.1. The fraction of sp³-hybridized carbons (Fsp3) is 0.235. The molecule has 1 heterocycles. The molecule has 1 aromatic heterocycles. The zero-order chi connectivity index (χ0) is 18.6. The number of nitrogens with zero attached hydrogens (tertiary/aromatic N) is 1. The second-order valence-corrected chi connectivity index (χ2v) is 7.41. The molecule has 0 aliphatic heterocycles. The quantitative estimate of drug-likeness (QED) is 0.842. The lowest BCUT2D eigenvalue weighted by Crippen LogP contribution is -2.31. The van der Waals surface area contributed by atoms with Crippen molar-refractivity contribution in [2.75, 3.05) is 0 Å². The van der Waals surface area contributed by atoms with E-state index in [0.29, 0.717) is 11.3 Å². The van der Waals surface area contributed by atoms with Gasteiger partial charge in [-0.05, 0) is 57.2 Å². The average molecular weight is 361 g/mol. The lowest BCUT2D eigenvalue weighted by Gasteiger charge is -2.10. The van der Waals surface area contributed by atoms with E-state index in [1.54, 1.807) is 13.0 Å². The number of carbonyl (C=O) groups excluding carboxylic acids is 2. The summed E-state index contributed by atoms with van der Waals surface area (Å²) in [5.41, 5.74) is 0.942. The van der Waals surface area contributed by atoms with Crippen molar-refractivity contribution in [2.45, 2.75) is 31.7 Å². The Balaban J connectivity index is 2.18. The molecule has 2 N–H and O–H groups in total. The van der Waals surface area contributed by atoms with Crippen molar-refractivity contribution in [1.82, 2.24) is 15.0 Å². The van der Waals surface area contributed by atoms with Gasteiger partial charge < -0.3 is 5.32 Å². The number of benzene rings is 1. The van der Waals surface area contributed by atoms with Crippen LogP contribution in [-0.2, 0) is 10.0 Å². The standard InChI is InChI=1S/C17H19N3O4S/c1-11(2)19-16(21)13-6-8-14(9-7-13)25(23,24)20-17(22)15-5-4-10-18-12(15)3/h4-11H,1-3H3,(H,19,21)(H,20,22). The van der Waals surface area contributed by atoms with Crippen LogP contribution in [0.5, 0.6) is 0 Å². The summed E-state index contributed by atoms with van der Waals surface area (Å²) in [4.78, 5) is 27.9. The first kappa shape index (κ1) is 18.6. The summed E-state index contributed by atoms with van der Waals surface area (Å²) in [6, 6.07) is 8.36. The van der Waals surface area contributed by atoms with Gasteiger partial charge in [0.1, 0.15) is 0 Å². The lowest BCUT2D eigenvalue weighted by atomic mass is 10.2. The zero-order valence-corrected chi connectivity index (χ0v) is 14.9. The van der Waals surface area contributed by atoms with Gasteiger partial charge in [-0.2, -0.15) is 0 Å². The molecule has 2 amide bonds. The van der Waals surface area contributed by atoms with Crippen LogP contribution < -0.4 is 10.0 Å². The molecule has 0 radical (unpaired) electrons. The molecular weight excluding hydrogens is 342 g/mol. The molecule has 0 fully saturated rings. The van der Waals surface area contributed by atoms with Crippen molar-refractivity contribution >= 4 is 21.8 Å². The molecule has 1 aromatic carbocycles. The maximum absolute atomic E-state index is 12.3. The summed E-state index contributed by atoms with van der Waals surface area (Å²) < 4.78 is 26.7. The molecule has 0 saturated heterocycles. The maximum atomic E-state index is 12.3. The molecule has 2 rings (SSSR count). The lowest BCUT2D eigenvalue weighted by molar-refractivity contribution is 0.0941. The number of amides is 2. The van der Waals surface area contributed by atoms with Crippen LogP contribution in [0.1, 0.15) is 40.3 Å². The Hall–Kier alpha value is -2.74. The maximum Gasteiger partial charge on any atom is 0.266 e. The van der Waals surface area contributed by atoms with E-state index < -0.39 is 15.9 Å². The van der Waals surface area contributed by atoms with Gasteiger partial charge in [0.2, 0.25) is 0 Å². The Morgan fingerprint density at radius 2 is 1.68 bits per heavy atom. The summed E-state index contributed by atoms with van der Waals surface area (Å²) in [7, 11) is -4.05. The Morgan fingerprint density at radius 1 is 1.04 bits per heavy atom.